The van der Waals surface area contributed by atoms with Gasteiger partial charge in [0.15, 0.2) is 0 Å². The SMILES string of the molecule is OCCNC1CCCCc2ccccc21. The molecule has 1 aliphatic carbocycles. The van der Waals surface area contributed by atoms with E-state index in [1.54, 1.807) is 0 Å². The van der Waals surface area contributed by atoms with Crippen LogP contribution in [0.5, 0.6) is 0 Å². The van der Waals surface area contributed by atoms with E-state index in [9.17, 15) is 0 Å². The third-order valence-corrected chi connectivity index (χ3v) is 3.12. The number of aryl methyl sites for hydroxylation is 1. The molecule has 0 aliphatic heterocycles. The highest BCUT2D eigenvalue weighted by molar-refractivity contribution is 5.31. The molecule has 0 amide bonds. The Morgan fingerprint density at radius 1 is 1.27 bits per heavy atom. The molecule has 0 aromatic heterocycles. The molecule has 2 heteroatoms. The van der Waals surface area contributed by atoms with Crippen LogP contribution in [0.2, 0.25) is 0 Å². The maximum Gasteiger partial charge on any atom is 0.0556 e. The fraction of sp³-hybridized carbons (Fsp3) is 0.538. The lowest BCUT2D eigenvalue weighted by atomic mass is 9.99. The van der Waals surface area contributed by atoms with Crippen molar-refractivity contribution >= 4 is 0 Å². The molecule has 0 saturated heterocycles. The molecular weight excluding hydrogens is 186 g/mol. The molecular formula is C13H19NO. The van der Waals surface area contributed by atoms with Crippen LogP contribution in [0.15, 0.2) is 24.3 Å². The van der Waals surface area contributed by atoms with Gasteiger partial charge >= 0.3 is 0 Å². The standard InChI is InChI=1S/C13H19NO/c15-10-9-14-13-8-4-2-6-11-5-1-3-7-12(11)13/h1,3,5,7,13-15H,2,4,6,8-10H2. The maximum absolute atomic E-state index is 8.85. The van der Waals surface area contributed by atoms with Crippen LogP contribution in [0.25, 0.3) is 0 Å². The van der Waals surface area contributed by atoms with E-state index in [2.05, 4.69) is 29.6 Å². The largest absolute Gasteiger partial charge is 0.395 e. The molecule has 2 nitrogen and oxygen atoms in total. The number of nitrogens with one attached hydrogen (secondary N) is 1. The summed E-state index contributed by atoms with van der Waals surface area (Å²) in [5.41, 5.74) is 2.91. The van der Waals surface area contributed by atoms with Crippen molar-refractivity contribution in [2.75, 3.05) is 13.2 Å². The third kappa shape index (κ3) is 2.58. The van der Waals surface area contributed by atoms with Gasteiger partial charge in [-0.15, -0.1) is 0 Å². The zero-order chi connectivity index (χ0) is 10.5. The first-order chi connectivity index (χ1) is 7.42. The van der Waals surface area contributed by atoms with Gasteiger partial charge in [0, 0.05) is 12.6 Å². The predicted molar refractivity (Wildman–Crippen MR) is 61.8 cm³/mol. The third-order valence-electron chi connectivity index (χ3n) is 3.12. The Balaban J connectivity index is 2.17. The molecule has 0 saturated carbocycles. The molecule has 1 aromatic carbocycles. The van der Waals surface area contributed by atoms with Gasteiger partial charge in [0.1, 0.15) is 0 Å². The number of aliphatic hydroxyl groups is 1. The van der Waals surface area contributed by atoms with Crippen molar-refractivity contribution < 1.29 is 5.11 Å². The number of rotatable bonds is 3. The second kappa shape index (κ2) is 5.29. The number of hydrogen-bond donors (Lipinski definition) is 2. The lowest BCUT2D eigenvalue weighted by Gasteiger charge is -2.18. The molecule has 2 N–H and O–H groups in total. The van der Waals surface area contributed by atoms with E-state index in [1.165, 1.54) is 36.8 Å². The van der Waals surface area contributed by atoms with Gasteiger partial charge in [-0.3, -0.25) is 0 Å². The minimum absolute atomic E-state index is 0.221. The number of benzene rings is 1. The summed E-state index contributed by atoms with van der Waals surface area (Å²) < 4.78 is 0. The number of aliphatic hydroxyl groups excluding tert-OH is 1. The quantitative estimate of drug-likeness (QED) is 0.740. The van der Waals surface area contributed by atoms with Gasteiger partial charge in [-0.1, -0.05) is 30.7 Å². The van der Waals surface area contributed by atoms with Crippen molar-refractivity contribution in [1.29, 1.82) is 0 Å². The monoisotopic (exact) mass is 205 g/mol. The Kier molecular flexibility index (Phi) is 3.75. The smallest absolute Gasteiger partial charge is 0.0556 e. The number of hydrogen-bond acceptors (Lipinski definition) is 2. The molecule has 2 rings (SSSR count). The lowest BCUT2D eigenvalue weighted by Crippen LogP contribution is -2.24. The molecule has 1 unspecified atom stereocenters. The normalized spacial score (nSPS) is 20.7. The van der Waals surface area contributed by atoms with Crippen molar-refractivity contribution in [1.82, 2.24) is 5.32 Å². The Hall–Kier alpha value is -0.860. The first kappa shape index (κ1) is 10.7. The van der Waals surface area contributed by atoms with Gasteiger partial charge in [0.2, 0.25) is 0 Å². The van der Waals surface area contributed by atoms with Gasteiger partial charge in [-0.05, 0) is 30.4 Å². The first-order valence-electron chi connectivity index (χ1n) is 5.84. The van der Waals surface area contributed by atoms with Crippen molar-refractivity contribution in [2.24, 2.45) is 0 Å². The summed E-state index contributed by atoms with van der Waals surface area (Å²) in [6.07, 6.45) is 4.95. The van der Waals surface area contributed by atoms with Crippen molar-refractivity contribution in [3.63, 3.8) is 0 Å². The van der Waals surface area contributed by atoms with E-state index in [1.807, 2.05) is 0 Å². The fourth-order valence-corrected chi connectivity index (χ4v) is 2.37. The summed E-state index contributed by atoms with van der Waals surface area (Å²) in [4.78, 5) is 0. The Morgan fingerprint density at radius 2 is 2.13 bits per heavy atom. The van der Waals surface area contributed by atoms with E-state index in [0.29, 0.717) is 12.6 Å². The van der Waals surface area contributed by atoms with Gasteiger partial charge in [-0.25, -0.2) is 0 Å². The average Bonchev–Trinajstić information content (AvgIpc) is 2.49. The number of fused-ring (bicyclic) bond motifs is 1. The second-order valence-corrected chi connectivity index (χ2v) is 4.17. The van der Waals surface area contributed by atoms with Crippen LogP contribution in [0.4, 0.5) is 0 Å². The summed E-state index contributed by atoms with van der Waals surface area (Å²) in [6, 6.07) is 9.12. The predicted octanol–water partition coefficient (Wildman–Crippen LogP) is 2.04. The van der Waals surface area contributed by atoms with E-state index < -0.39 is 0 Å². The van der Waals surface area contributed by atoms with Gasteiger partial charge in [0.05, 0.1) is 6.61 Å². The van der Waals surface area contributed by atoms with Crippen molar-refractivity contribution in [2.45, 2.75) is 31.7 Å². The fourth-order valence-electron chi connectivity index (χ4n) is 2.37. The van der Waals surface area contributed by atoms with Crippen LogP contribution in [-0.2, 0) is 6.42 Å². The first-order valence-corrected chi connectivity index (χ1v) is 5.84. The van der Waals surface area contributed by atoms with E-state index >= 15 is 0 Å². The molecule has 0 bridgehead atoms. The van der Waals surface area contributed by atoms with Crippen LogP contribution in [0.1, 0.15) is 36.4 Å². The Labute approximate surface area is 91.3 Å². The average molecular weight is 205 g/mol. The van der Waals surface area contributed by atoms with Gasteiger partial charge in [0.25, 0.3) is 0 Å². The Morgan fingerprint density at radius 3 is 3.00 bits per heavy atom. The minimum atomic E-state index is 0.221. The van der Waals surface area contributed by atoms with Crippen LogP contribution < -0.4 is 5.32 Å². The van der Waals surface area contributed by atoms with Crippen molar-refractivity contribution in [3.8, 4) is 0 Å². The molecule has 82 valence electrons. The van der Waals surface area contributed by atoms with Gasteiger partial charge < -0.3 is 10.4 Å². The van der Waals surface area contributed by atoms with Crippen LogP contribution >= 0.6 is 0 Å². The zero-order valence-corrected chi connectivity index (χ0v) is 9.08. The summed E-state index contributed by atoms with van der Waals surface area (Å²) in [5, 5.41) is 12.3. The van der Waals surface area contributed by atoms with E-state index in [4.69, 9.17) is 5.11 Å². The summed E-state index contributed by atoms with van der Waals surface area (Å²) >= 11 is 0. The maximum atomic E-state index is 8.85. The summed E-state index contributed by atoms with van der Waals surface area (Å²) in [7, 11) is 0. The molecule has 0 spiro atoms. The topological polar surface area (TPSA) is 32.3 Å². The van der Waals surface area contributed by atoms with E-state index in [0.717, 1.165) is 0 Å². The van der Waals surface area contributed by atoms with E-state index in [-0.39, 0.29) is 6.61 Å². The summed E-state index contributed by atoms with van der Waals surface area (Å²) in [6.45, 7) is 0.914. The second-order valence-electron chi connectivity index (χ2n) is 4.17. The van der Waals surface area contributed by atoms with Gasteiger partial charge in [-0.2, -0.15) is 0 Å². The van der Waals surface area contributed by atoms with Crippen molar-refractivity contribution in [3.05, 3.63) is 35.4 Å². The Bertz CT molecular complexity index is 311. The highest BCUT2D eigenvalue weighted by atomic mass is 16.3. The molecule has 1 aromatic rings. The van der Waals surface area contributed by atoms with Crippen LogP contribution in [0.3, 0.4) is 0 Å². The van der Waals surface area contributed by atoms with Crippen LogP contribution in [-0.4, -0.2) is 18.3 Å². The molecule has 0 radical (unpaired) electrons. The summed E-state index contributed by atoms with van der Waals surface area (Å²) in [5.74, 6) is 0. The molecule has 0 fully saturated rings. The highest BCUT2D eigenvalue weighted by Gasteiger charge is 2.16. The minimum Gasteiger partial charge on any atom is -0.395 e. The molecule has 1 atom stereocenters. The highest BCUT2D eigenvalue weighted by Crippen LogP contribution is 2.28. The molecule has 0 heterocycles. The lowest BCUT2D eigenvalue weighted by molar-refractivity contribution is 0.282. The molecule has 1 aliphatic rings. The molecule has 15 heavy (non-hydrogen) atoms. The van der Waals surface area contributed by atoms with Crippen LogP contribution in [0, 0.1) is 0 Å². The zero-order valence-electron chi connectivity index (χ0n) is 9.08.